The van der Waals surface area contributed by atoms with E-state index in [2.05, 4.69) is 22.0 Å². The standard InChI is InChI=1S/C20H32N4O2/c1-2-21-19(22-17-20(25)9-6-10-20)24-13-11-23(12-14-24)15-16-26-18-7-4-3-5-8-18/h3-5,7-8,25H,2,6,9-17H2,1H3,(H,21,22). The summed E-state index contributed by atoms with van der Waals surface area (Å²) < 4.78 is 5.80. The average molecular weight is 361 g/mol. The highest BCUT2D eigenvalue weighted by atomic mass is 16.5. The number of aliphatic hydroxyl groups is 1. The molecule has 26 heavy (non-hydrogen) atoms. The maximum absolute atomic E-state index is 10.3. The van der Waals surface area contributed by atoms with Crippen LogP contribution in [-0.4, -0.2) is 78.9 Å². The summed E-state index contributed by atoms with van der Waals surface area (Å²) in [5.74, 6) is 1.87. The third-order valence-electron chi connectivity index (χ3n) is 5.23. The average Bonchev–Trinajstić information content (AvgIpc) is 2.65. The summed E-state index contributed by atoms with van der Waals surface area (Å²) in [4.78, 5) is 9.43. The summed E-state index contributed by atoms with van der Waals surface area (Å²) in [5.41, 5.74) is -0.558. The Bertz CT molecular complexity index is 566. The van der Waals surface area contributed by atoms with Gasteiger partial charge in [-0.15, -0.1) is 0 Å². The number of hydrogen-bond donors (Lipinski definition) is 2. The summed E-state index contributed by atoms with van der Waals surface area (Å²) in [7, 11) is 0. The van der Waals surface area contributed by atoms with Gasteiger partial charge in [-0.3, -0.25) is 9.89 Å². The molecule has 1 saturated carbocycles. The Hall–Kier alpha value is -1.79. The molecule has 0 amide bonds. The van der Waals surface area contributed by atoms with E-state index in [9.17, 15) is 5.11 Å². The van der Waals surface area contributed by atoms with Crippen molar-refractivity contribution >= 4 is 5.96 Å². The van der Waals surface area contributed by atoms with Crippen LogP contribution in [0.15, 0.2) is 35.3 Å². The molecule has 2 N–H and O–H groups in total. The first-order valence-electron chi connectivity index (χ1n) is 9.84. The lowest BCUT2D eigenvalue weighted by Crippen LogP contribution is -2.53. The highest BCUT2D eigenvalue weighted by Crippen LogP contribution is 2.31. The van der Waals surface area contributed by atoms with E-state index in [-0.39, 0.29) is 0 Å². The summed E-state index contributed by atoms with van der Waals surface area (Å²) in [5, 5.41) is 13.7. The van der Waals surface area contributed by atoms with E-state index in [1.54, 1.807) is 0 Å². The minimum absolute atomic E-state index is 0.514. The number of ether oxygens (including phenoxy) is 1. The summed E-state index contributed by atoms with van der Waals surface area (Å²) >= 11 is 0. The van der Waals surface area contributed by atoms with Gasteiger partial charge in [0.2, 0.25) is 0 Å². The molecular weight excluding hydrogens is 328 g/mol. The van der Waals surface area contributed by atoms with Crippen LogP contribution in [0.4, 0.5) is 0 Å². The second-order valence-electron chi connectivity index (χ2n) is 7.24. The molecule has 0 spiro atoms. The number of guanidine groups is 1. The summed E-state index contributed by atoms with van der Waals surface area (Å²) in [6, 6.07) is 9.98. The second-order valence-corrected chi connectivity index (χ2v) is 7.24. The van der Waals surface area contributed by atoms with E-state index in [0.29, 0.717) is 13.2 Å². The summed E-state index contributed by atoms with van der Waals surface area (Å²) in [6.07, 6.45) is 2.88. The molecule has 0 unspecified atom stereocenters. The van der Waals surface area contributed by atoms with E-state index in [4.69, 9.17) is 9.73 Å². The Kier molecular flexibility index (Phi) is 6.74. The van der Waals surface area contributed by atoms with Crippen molar-refractivity contribution in [3.8, 4) is 5.75 Å². The first kappa shape index (κ1) is 19.0. The van der Waals surface area contributed by atoms with Crippen LogP contribution in [0.5, 0.6) is 5.75 Å². The highest BCUT2D eigenvalue weighted by Gasteiger charge is 2.34. The zero-order valence-electron chi connectivity index (χ0n) is 15.9. The zero-order valence-corrected chi connectivity index (χ0v) is 15.9. The maximum atomic E-state index is 10.3. The quantitative estimate of drug-likeness (QED) is 0.571. The number of nitrogens with one attached hydrogen (secondary N) is 1. The third kappa shape index (κ3) is 5.35. The molecule has 144 valence electrons. The first-order valence-corrected chi connectivity index (χ1v) is 9.84. The fourth-order valence-electron chi connectivity index (χ4n) is 3.38. The molecule has 1 aromatic carbocycles. The molecule has 1 aliphatic carbocycles. The van der Waals surface area contributed by atoms with Crippen LogP contribution < -0.4 is 10.1 Å². The van der Waals surface area contributed by atoms with E-state index in [1.165, 1.54) is 0 Å². The molecule has 1 heterocycles. The lowest BCUT2D eigenvalue weighted by molar-refractivity contribution is -0.0238. The molecule has 6 heteroatoms. The van der Waals surface area contributed by atoms with Crippen molar-refractivity contribution in [2.45, 2.75) is 31.8 Å². The van der Waals surface area contributed by atoms with Crippen molar-refractivity contribution in [1.82, 2.24) is 15.1 Å². The number of aliphatic imine (C=N–C) groups is 1. The molecule has 0 bridgehead atoms. The van der Waals surface area contributed by atoms with Crippen molar-refractivity contribution < 1.29 is 9.84 Å². The van der Waals surface area contributed by atoms with Gasteiger partial charge >= 0.3 is 0 Å². The van der Waals surface area contributed by atoms with Gasteiger partial charge in [0.05, 0.1) is 12.1 Å². The molecule has 6 nitrogen and oxygen atoms in total. The molecule has 1 aliphatic heterocycles. The van der Waals surface area contributed by atoms with E-state index < -0.39 is 5.60 Å². The minimum atomic E-state index is -0.558. The Morgan fingerprint density at radius 3 is 2.54 bits per heavy atom. The van der Waals surface area contributed by atoms with Gasteiger partial charge in [-0.2, -0.15) is 0 Å². The van der Waals surface area contributed by atoms with Crippen molar-refractivity contribution in [3.63, 3.8) is 0 Å². The SMILES string of the molecule is CCNC(=NCC1(O)CCC1)N1CCN(CCOc2ccccc2)CC1. The first-order chi connectivity index (χ1) is 12.7. The molecule has 1 aromatic rings. The van der Waals surface area contributed by atoms with Gasteiger partial charge in [0.25, 0.3) is 0 Å². The Labute approximate surface area is 156 Å². The van der Waals surface area contributed by atoms with Crippen LogP contribution >= 0.6 is 0 Å². The van der Waals surface area contributed by atoms with Crippen molar-refractivity contribution in [2.75, 3.05) is 52.4 Å². The number of nitrogens with zero attached hydrogens (tertiary/aromatic N) is 3. The molecule has 0 atom stereocenters. The smallest absolute Gasteiger partial charge is 0.194 e. The topological polar surface area (TPSA) is 60.3 Å². The molecular formula is C20H32N4O2. The zero-order chi connectivity index (χ0) is 18.2. The van der Waals surface area contributed by atoms with Crippen molar-refractivity contribution in [1.29, 1.82) is 0 Å². The Morgan fingerprint density at radius 2 is 1.92 bits per heavy atom. The number of benzene rings is 1. The third-order valence-corrected chi connectivity index (χ3v) is 5.23. The maximum Gasteiger partial charge on any atom is 0.194 e. The van der Waals surface area contributed by atoms with Crippen LogP contribution in [0.25, 0.3) is 0 Å². The van der Waals surface area contributed by atoms with Crippen LogP contribution in [0, 0.1) is 0 Å². The van der Waals surface area contributed by atoms with Crippen LogP contribution in [-0.2, 0) is 0 Å². The van der Waals surface area contributed by atoms with E-state index >= 15 is 0 Å². The predicted molar refractivity (Wildman–Crippen MR) is 105 cm³/mol. The fraction of sp³-hybridized carbons (Fsp3) is 0.650. The molecule has 2 fully saturated rings. The molecule has 1 saturated heterocycles. The molecule has 0 radical (unpaired) electrons. The van der Waals surface area contributed by atoms with Gasteiger partial charge < -0.3 is 20.1 Å². The van der Waals surface area contributed by atoms with Gasteiger partial charge in [0.1, 0.15) is 12.4 Å². The lowest BCUT2D eigenvalue weighted by atomic mass is 9.80. The number of piperazine rings is 1. The van der Waals surface area contributed by atoms with Crippen molar-refractivity contribution in [3.05, 3.63) is 30.3 Å². The van der Waals surface area contributed by atoms with Gasteiger partial charge in [-0.1, -0.05) is 18.2 Å². The second kappa shape index (κ2) is 9.24. The van der Waals surface area contributed by atoms with Crippen LogP contribution in [0.3, 0.4) is 0 Å². The highest BCUT2D eigenvalue weighted by molar-refractivity contribution is 5.80. The van der Waals surface area contributed by atoms with Crippen LogP contribution in [0.1, 0.15) is 26.2 Å². The van der Waals surface area contributed by atoms with E-state index in [1.807, 2.05) is 30.3 Å². The van der Waals surface area contributed by atoms with Gasteiger partial charge in [-0.25, -0.2) is 0 Å². The van der Waals surface area contributed by atoms with Crippen LogP contribution in [0.2, 0.25) is 0 Å². The number of hydrogen-bond acceptors (Lipinski definition) is 4. The normalized spacial score (nSPS) is 20.5. The largest absolute Gasteiger partial charge is 0.492 e. The van der Waals surface area contributed by atoms with E-state index in [0.717, 1.165) is 70.2 Å². The molecule has 3 rings (SSSR count). The Balaban J connectivity index is 1.41. The predicted octanol–water partition coefficient (Wildman–Crippen LogP) is 1.56. The number of rotatable bonds is 7. The van der Waals surface area contributed by atoms with Gasteiger partial charge in [0, 0.05) is 39.3 Å². The molecule has 0 aromatic heterocycles. The minimum Gasteiger partial charge on any atom is -0.492 e. The fourth-order valence-corrected chi connectivity index (χ4v) is 3.38. The molecule has 2 aliphatic rings. The summed E-state index contributed by atoms with van der Waals surface area (Å²) in [6.45, 7) is 9.03. The van der Waals surface area contributed by atoms with Crippen molar-refractivity contribution in [2.24, 2.45) is 4.99 Å². The monoisotopic (exact) mass is 360 g/mol. The lowest BCUT2D eigenvalue weighted by Gasteiger charge is -2.38. The Morgan fingerprint density at radius 1 is 1.19 bits per heavy atom. The van der Waals surface area contributed by atoms with Gasteiger partial charge in [-0.05, 0) is 38.3 Å². The number of para-hydroxylation sites is 1. The van der Waals surface area contributed by atoms with Gasteiger partial charge in [0.15, 0.2) is 5.96 Å².